The van der Waals surface area contributed by atoms with Crippen LogP contribution in [0.2, 0.25) is 0 Å². The standard InChI is InChI=1S/C30H33F4N3O4S/c1-5-26(28(39)35-29(2,3)4)36(19-21-14-16-23(31)17-15-21)27(38)20-37(42(40,41)25-12-7-6-8-13-25)24-11-9-10-22(18-24)30(32,33)34/h6-18,26H,5,19-20H2,1-4H3,(H,35,39)/t26-/m0/s1. The Kier molecular flexibility index (Phi) is 10.0. The maximum atomic E-state index is 14.0. The Morgan fingerprint density at radius 3 is 2.07 bits per heavy atom. The molecule has 0 aliphatic carbocycles. The lowest BCUT2D eigenvalue weighted by molar-refractivity contribution is -0.141. The molecular weight excluding hydrogens is 574 g/mol. The van der Waals surface area contributed by atoms with Crippen molar-refractivity contribution < 1.29 is 35.6 Å². The zero-order valence-corrected chi connectivity index (χ0v) is 24.5. The lowest BCUT2D eigenvalue weighted by atomic mass is 10.1. The highest BCUT2D eigenvalue weighted by atomic mass is 32.2. The molecule has 0 fully saturated rings. The first-order valence-corrected chi connectivity index (χ1v) is 14.6. The lowest BCUT2D eigenvalue weighted by Crippen LogP contribution is -2.55. The third kappa shape index (κ3) is 8.31. The summed E-state index contributed by atoms with van der Waals surface area (Å²) in [5.41, 5.74) is -1.67. The van der Waals surface area contributed by atoms with Crippen molar-refractivity contribution in [3.63, 3.8) is 0 Å². The lowest BCUT2D eigenvalue weighted by Gasteiger charge is -2.35. The second kappa shape index (κ2) is 12.9. The van der Waals surface area contributed by atoms with Crippen LogP contribution < -0.4 is 9.62 Å². The van der Waals surface area contributed by atoms with Crippen molar-refractivity contribution in [3.8, 4) is 0 Å². The van der Waals surface area contributed by atoms with Gasteiger partial charge in [-0.05, 0) is 75.2 Å². The van der Waals surface area contributed by atoms with E-state index in [0.29, 0.717) is 15.9 Å². The zero-order valence-electron chi connectivity index (χ0n) is 23.7. The normalized spacial score (nSPS) is 12.9. The zero-order chi connectivity index (χ0) is 31.3. The molecule has 3 aromatic rings. The number of hydrogen-bond donors (Lipinski definition) is 1. The average Bonchev–Trinajstić information content (AvgIpc) is 2.91. The number of amides is 2. The van der Waals surface area contributed by atoms with E-state index in [1.165, 1.54) is 48.5 Å². The van der Waals surface area contributed by atoms with Gasteiger partial charge in [0.15, 0.2) is 0 Å². The fourth-order valence-electron chi connectivity index (χ4n) is 4.24. The van der Waals surface area contributed by atoms with Crippen molar-refractivity contribution in [1.29, 1.82) is 0 Å². The van der Waals surface area contributed by atoms with E-state index in [-0.39, 0.29) is 23.5 Å². The summed E-state index contributed by atoms with van der Waals surface area (Å²) >= 11 is 0. The molecule has 0 bridgehead atoms. The van der Waals surface area contributed by atoms with Gasteiger partial charge in [0, 0.05) is 12.1 Å². The molecule has 1 N–H and O–H groups in total. The number of carbonyl (C=O) groups is 2. The minimum atomic E-state index is -4.77. The number of hydrogen-bond acceptors (Lipinski definition) is 4. The van der Waals surface area contributed by atoms with E-state index < -0.39 is 57.5 Å². The second-order valence-electron chi connectivity index (χ2n) is 10.7. The van der Waals surface area contributed by atoms with Crippen molar-refractivity contribution in [2.24, 2.45) is 0 Å². The highest BCUT2D eigenvalue weighted by Crippen LogP contribution is 2.33. The molecule has 0 saturated carbocycles. The summed E-state index contributed by atoms with van der Waals surface area (Å²) in [5, 5.41) is 2.82. The van der Waals surface area contributed by atoms with Gasteiger partial charge in [0.05, 0.1) is 16.1 Å². The van der Waals surface area contributed by atoms with Crippen LogP contribution >= 0.6 is 0 Å². The van der Waals surface area contributed by atoms with Crippen LogP contribution in [-0.2, 0) is 32.3 Å². The fourth-order valence-corrected chi connectivity index (χ4v) is 5.67. The molecule has 0 unspecified atom stereocenters. The van der Waals surface area contributed by atoms with Crippen molar-refractivity contribution in [3.05, 3.63) is 95.8 Å². The predicted octanol–water partition coefficient (Wildman–Crippen LogP) is 5.76. The van der Waals surface area contributed by atoms with Gasteiger partial charge in [-0.2, -0.15) is 13.2 Å². The minimum absolute atomic E-state index is 0.143. The Balaban J connectivity index is 2.11. The smallest absolute Gasteiger partial charge is 0.350 e. The molecule has 7 nitrogen and oxygen atoms in total. The van der Waals surface area contributed by atoms with E-state index in [1.807, 2.05) is 0 Å². The summed E-state index contributed by atoms with van der Waals surface area (Å²) in [7, 11) is -4.54. The van der Waals surface area contributed by atoms with Gasteiger partial charge in [0.1, 0.15) is 18.4 Å². The van der Waals surface area contributed by atoms with Crippen molar-refractivity contribution in [2.75, 3.05) is 10.8 Å². The molecule has 3 aromatic carbocycles. The van der Waals surface area contributed by atoms with Crippen molar-refractivity contribution >= 4 is 27.5 Å². The number of carbonyl (C=O) groups excluding carboxylic acids is 2. The number of halogens is 4. The van der Waals surface area contributed by atoms with Gasteiger partial charge in [0.25, 0.3) is 10.0 Å². The Hall–Kier alpha value is -3.93. The van der Waals surface area contributed by atoms with Crippen LogP contribution in [-0.4, -0.2) is 43.3 Å². The summed E-state index contributed by atoms with van der Waals surface area (Å²) in [6, 6.07) is 14.8. The first kappa shape index (κ1) is 32.6. The van der Waals surface area contributed by atoms with Gasteiger partial charge in [-0.3, -0.25) is 13.9 Å². The van der Waals surface area contributed by atoms with E-state index in [9.17, 15) is 35.6 Å². The first-order valence-electron chi connectivity index (χ1n) is 13.1. The molecule has 0 spiro atoms. The number of nitrogens with one attached hydrogen (secondary N) is 1. The predicted molar refractivity (Wildman–Crippen MR) is 151 cm³/mol. The van der Waals surface area contributed by atoms with E-state index >= 15 is 0 Å². The van der Waals surface area contributed by atoms with Gasteiger partial charge >= 0.3 is 6.18 Å². The van der Waals surface area contributed by atoms with E-state index in [1.54, 1.807) is 33.8 Å². The largest absolute Gasteiger partial charge is 0.416 e. The van der Waals surface area contributed by atoms with Gasteiger partial charge in [-0.25, -0.2) is 12.8 Å². The summed E-state index contributed by atoms with van der Waals surface area (Å²) in [6.45, 7) is 5.85. The molecule has 0 heterocycles. The Bertz CT molecular complexity index is 1490. The van der Waals surface area contributed by atoms with Crippen LogP contribution in [0.15, 0.2) is 83.8 Å². The molecule has 0 aliphatic rings. The molecule has 0 aromatic heterocycles. The van der Waals surface area contributed by atoms with Gasteiger partial charge < -0.3 is 10.2 Å². The number of rotatable bonds is 10. The first-order chi connectivity index (χ1) is 19.5. The minimum Gasteiger partial charge on any atom is -0.350 e. The topological polar surface area (TPSA) is 86.8 Å². The van der Waals surface area contributed by atoms with E-state index in [2.05, 4.69) is 5.32 Å². The quantitative estimate of drug-likeness (QED) is 0.297. The highest BCUT2D eigenvalue weighted by molar-refractivity contribution is 7.92. The molecule has 2 amide bonds. The van der Waals surface area contributed by atoms with Crippen LogP contribution in [0.25, 0.3) is 0 Å². The average molecular weight is 608 g/mol. The van der Waals surface area contributed by atoms with E-state index in [4.69, 9.17) is 0 Å². The monoisotopic (exact) mass is 607 g/mol. The highest BCUT2D eigenvalue weighted by Gasteiger charge is 2.36. The van der Waals surface area contributed by atoms with Crippen LogP contribution in [0.3, 0.4) is 0 Å². The number of sulfonamides is 1. The molecule has 12 heteroatoms. The molecule has 1 atom stereocenters. The molecular formula is C30H33F4N3O4S. The Morgan fingerprint density at radius 1 is 0.905 bits per heavy atom. The molecule has 0 aliphatic heterocycles. The summed E-state index contributed by atoms with van der Waals surface area (Å²) in [4.78, 5) is 28.2. The van der Waals surface area contributed by atoms with E-state index in [0.717, 1.165) is 23.1 Å². The van der Waals surface area contributed by atoms with Gasteiger partial charge in [-0.1, -0.05) is 43.3 Å². The fraction of sp³-hybridized carbons (Fsp3) is 0.333. The maximum absolute atomic E-state index is 14.0. The van der Waals surface area contributed by atoms with Crippen LogP contribution in [0.4, 0.5) is 23.2 Å². The van der Waals surface area contributed by atoms with Crippen LogP contribution in [0.1, 0.15) is 45.2 Å². The molecule has 0 saturated heterocycles. The number of anilines is 1. The molecule has 42 heavy (non-hydrogen) atoms. The Labute approximate surface area is 243 Å². The third-order valence-corrected chi connectivity index (χ3v) is 8.01. The van der Waals surface area contributed by atoms with Gasteiger partial charge in [0.2, 0.25) is 11.8 Å². The number of nitrogens with zero attached hydrogens (tertiary/aromatic N) is 2. The van der Waals surface area contributed by atoms with Crippen molar-refractivity contribution in [2.45, 2.75) is 63.3 Å². The Morgan fingerprint density at radius 2 is 1.52 bits per heavy atom. The molecule has 3 rings (SSSR count). The van der Waals surface area contributed by atoms with Crippen LogP contribution in [0.5, 0.6) is 0 Å². The summed E-state index contributed by atoms with van der Waals surface area (Å²) < 4.78 is 82.4. The summed E-state index contributed by atoms with van der Waals surface area (Å²) in [6.07, 6.45) is -4.63. The number of benzene rings is 3. The summed E-state index contributed by atoms with van der Waals surface area (Å²) in [5.74, 6) is -1.86. The van der Waals surface area contributed by atoms with Crippen LogP contribution in [0, 0.1) is 5.82 Å². The number of alkyl halides is 3. The van der Waals surface area contributed by atoms with Gasteiger partial charge in [-0.15, -0.1) is 0 Å². The maximum Gasteiger partial charge on any atom is 0.416 e. The van der Waals surface area contributed by atoms with Crippen molar-refractivity contribution in [1.82, 2.24) is 10.2 Å². The third-order valence-electron chi connectivity index (χ3n) is 6.22. The molecule has 0 radical (unpaired) electrons. The molecule has 226 valence electrons. The second-order valence-corrected chi connectivity index (χ2v) is 12.5. The SMILES string of the molecule is CC[C@@H](C(=O)NC(C)(C)C)N(Cc1ccc(F)cc1)C(=O)CN(c1cccc(C(F)(F)F)c1)S(=O)(=O)c1ccccc1.